The quantitative estimate of drug-likeness (QED) is 0.756. The second-order valence-electron chi connectivity index (χ2n) is 5.59. The number of alkyl halides is 1. The Kier molecular flexibility index (Phi) is 5.24. The molecule has 0 N–H and O–H groups in total. The highest BCUT2D eigenvalue weighted by Gasteiger charge is 2.27. The average molecular weight is 364 g/mol. The Morgan fingerprint density at radius 3 is 2.77 bits per heavy atom. The van der Waals surface area contributed by atoms with Gasteiger partial charge in [-0.3, -0.25) is 4.90 Å². The predicted octanol–water partition coefficient (Wildman–Crippen LogP) is 4.16. The Labute approximate surface area is 139 Å². The van der Waals surface area contributed by atoms with Crippen molar-refractivity contribution in [3.05, 3.63) is 71.5 Å². The zero-order valence-corrected chi connectivity index (χ0v) is 13.9. The molecule has 0 aromatic heterocycles. The zero-order chi connectivity index (χ0) is 15.4. The van der Waals surface area contributed by atoms with E-state index in [2.05, 4.69) is 45.1 Å². The van der Waals surface area contributed by atoms with Crippen molar-refractivity contribution >= 4 is 15.9 Å². The second-order valence-corrected chi connectivity index (χ2v) is 6.57. The third kappa shape index (κ3) is 3.94. The number of rotatable bonds is 4. The molecule has 1 heterocycles. The molecule has 0 spiro atoms. The van der Waals surface area contributed by atoms with Crippen LogP contribution in [-0.2, 0) is 11.3 Å². The van der Waals surface area contributed by atoms with Gasteiger partial charge in [0.1, 0.15) is 5.82 Å². The standard InChI is InChI=1S/C18H19BrFNO/c19-18(15-7-4-8-16(20)11-15)17-13-21(9-10-22-17)12-14-5-2-1-3-6-14/h1-8,11,17-18H,9-10,12-13H2/t17-,18+/m1/s1. The molecule has 3 rings (SSSR count). The van der Waals surface area contributed by atoms with Gasteiger partial charge in [0, 0.05) is 19.6 Å². The van der Waals surface area contributed by atoms with Crippen LogP contribution in [0.4, 0.5) is 4.39 Å². The molecular weight excluding hydrogens is 345 g/mol. The Balaban J connectivity index is 1.65. The molecule has 0 unspecified atom stereocenters. The van der Waals surface area contributed by atoms with Gasteiger partial charge in [0.05, 0.1) is 17.5 Å². The average Bonchev–Trinajstić information content (AvgIpc) is 2.55. The van der Waals surface area contributed by atoms with Crippen LogP contribution in [0.3, 0.4) is 0 Å². The summed E-state index contributed by atoms with van der Waals surface area (Å²) in [6, 6.07) is 17.1. The molecular formula is C18H19BrFNO. The molecule has 1 aliphatic heterocycles. The fraction of sp³-hybridized carbons (Fsp3) is 0.333. The van der Waals surface area contributed by atoms with Crippen LogP contribution in [0.15, 0.2) is 54.6 Å². The van der Waals surface area contributed by atoms with Gasteiger partial charge in [-0.15, -0.1) is 0 Å². The van der Waals surface area contributed by atoms with Gasteiger partial charge in [-0.05, 0) is 23.3 Å². The summed E-state index contributed by atoms with van der Waals surface area (Å²) in [7, 11) is 0. The van der Waals surface area contributed by atoms with E-state index in [0.29, 0.717) is 6.61 Å². The maximum absolute atomic E-state index is 13.4. The Morgan fingerprint density at radius 2 is 2.00 bits per heavy atom. The van der Waals surface area contributed by atoms with Crippen LogP contribution in [0.2, 0.25) is 0 Å². The first-order chi connectivity index (χ1) is 10.7. The van der Waals surface area contributed by atoms with Crippen LogP contribution in [0, 0.1) is 5.82 Å². The molecule has 2 aromatic carbocycles. The predicted molar refractivity (Wildman–Crippen MR) is 89.5 cm³/mol. The van der Waals surface area contributed by atoms with E-state index >= 15 is 0 Å². The molecule has 1 saturated heterocycles. The summed E-state index contributed by atoms with van der Waals surface area (Å²) >= 11 is 3.68. The highest BCUT2D eigenvalue weighted by atomic mass is 79.9. The van der Waals surface area contributed by atoms with Crippen LogP contribution in [0.1, 0.15) is 16.0 Å². The van der Waals surface area contributed by atoms with Crippen molar-refractivity contribution < 1.29 is 9.13 Å². The topological polar surface area (TPSA) is 12.5 Å². The lowest BCUT2D eigenvalue weighted by molar-refractivity contribution is -0.0310. The van der Waals surface area contributed by atoms with Gasteiger partial charge in [-0.2, -0.15) is 0 Å². The van der Waals surface area contributed by atoms with Crippen molar-refractivity contribution in [1.29, 1.82) is 0 Å². The van der Waals surface area contributed by atoms with Crippen LogP contribution in [0.25, 0.3) is 0 Å². The number of hydrogen-bond donors (Lipinski definition) is 0. The molecule has 1 fully saturated rings. The zero-order valence-electron chi connectivity index (χ0n) is 12.3. The fourth-order valence-electron chi connectivity index (χ4n) is 2.79. The van der Waals surface area contributed by atoms with Crippen molar-refractivity contribution in [3.63, 3.8) is 0 Å². The Morgan fingerprint density at radius 1 is 1.18 bits per heavy atom. The van der Waals surface area contributed by atoms with E-state index in [0.717, 1.165) is 25.2 Å². The fourth-order valence-corrected chi connectivity index (χ4v) is 3.39. The Bertz CT molecular complexity index is 607. The first-order valence-corrected chi connectivity index (χ1v) is 8.41. The van der Waals surface area contributed by atoms with Crippen molar-refractivity contribution in [1.82, 2.24) is 4.90 Å². The van der Waals surface area contributed by atoms with Gasteiger partial charge in [-0.1, -0.05) is 58.4 Å². The number of benzene rings is 2. The highest BCUT2D eigenvalue weighted by Crippen LogP contribution is 2.31. The lowest BCUT2D eigenvalue weighted by Gasteiger charge is -2.35. The van der Waals surface area contributed by atoms with E-state index in [-0.39, 0.29) is 16.7 Å². The molecule has 22 heavy (non-hydrogen) atoms. The monoisotopic (exact) mass is 363 g/mol. The maximum Gasteiger partial charge on any atom is 0.123 e. The summed E-state index contributed by atoms with van der Waals surface area (Å²) in [5.41, 5.74) is 2.23. The summed E-state index contributed by atoms with van der Waals surface area (Å²) in [5, 5.41) is 0. The second kappa shape index (κ2) is 7.36. The summed E-state index contributed by atoms with van der Waals surface area (Å²) in [5.74, 6) is -0.209. The van der Waals surface area contributed by atoms with E-state index in [4.69, 9.17) is 4.74 Å². The Hall–Kier alpha value is -1.23. The lowest BCUT2D eigenvalue weighted by Crippen LogP contribution is -2.43. The molecule has 0 aliphatic carbocycles. The van der Waals surface area contributed by atoms with Crippen molar-refractivity contribution in [2.45, 2.75) is 17.5 Å². The van der Waals surface area contributed by atoms with Gasteiger partial charge in [0.15, 0.2) is 0 Å². The molecule has 116 valence electrons. The van der Waals surface area contributed by atoms with Gasteiger partial charge in [0.2, 0.25) is 0 Å². The van der Waals surface area contributed by atoms with E-state index in [1.807, 2.05) is 12.1 Å². The maximum atomic E-state index is 13.4. The van der Waals surface area contributed by atoms with Crippen LogP contribution < -0.4 is 0 Å². The van der Waals surface area contributed by atoms with Crippen LogP contribution >= 0.6 is 15.9 Å². The minimum absolute atomic E-state index is 0.00164. The van der Waals surface area contributed by atoms with Crippen LogP contribution in [0.5, 0.6) is 0 Å². The third-order valence-corrected chi connectivity index (χ3v) is 5.04. The normalized spacial score (nSPS) is 20.7. The number of morpholine rings is 1. The van der Waals surface area contributed by atoms with Crippen molar-refractivity contribution in [2.75, 3.05) is 19.7 Å². The molecule has 2 aromatic rings. The number of ether oxygens (including phenoxy) is 1. The number of halogens is 2. The minimum atomic E-state index is -0.209. The van der Waals surface area contributed by atoms with Gasteiger partial charge >= 0.3 is 0 Å². The summed E-state index contributed by atoms with van der Waals surface area (Å²) in [6.07, 6.45) is 0.0271. The van der Waals surface area contributed by atoms with Crippen molar-refractivity contribution in [3.8, 4) is 0 Å². The molecule has 0 saturated carbocycles. The summed E-state index contributed by atoms with van der Waals surface area (Å²) < 4.78 is 19.3. The van der Waals surface area contributed by atoms with Crippen LogP contribution in [-0.4, -0.2) is 30.7 Å². The first kappa shape index (κ1) is 15.7. The highest BCUT2D eigenvalue weighted by molar-refractivity contribution is 9.09. The summed E-state index contributed by atoms with van der Waals surface area (Å²) in [6.45, 7) is 3.38. The molecule has 1 aliphatic rings. The molecule has 0 radical (unpaired) electrons. The summed E-state index contributed by atoms with van der Waals surface area (Å²) in [4.78, 5) is 2.39. The largest absolute Gasteiger partial charge is 0.374 e. The van der Waals surface area contributed by atoms with Gasteiger partial charge < -0.3 is 4.74 Å². The third-order valence-electron chi connectivity index (χ3n) is 3.92. The van der Waals surface area contributed by atoms with E-state index in [1.54, 1.807) is 12.1 Å². The molecule has 0 bridgehead atoms. The molecule has 2 nitrogen and oxygen atoms in total. The van der Waals surface area contributed by atoms with E-state index in [9.17, 15) is 4.39 Å². The van der Waals surface area contributed by atoms with E-state index in [1.165, 1.54) is 11.6 Å². The van der Waals surface area contributed by atoms with Gasteiger partial charge in [0.25, 0.3) is 0 Å². The van der Waals surface area contributed by atoms with E-state index < -0.39 is 0 Å². The number of nitrogens with zero attached hydrogens (tertiary/aromatic N) is 1. The first-order valence-electron chi connectivity index (χ1n) is 7.50. The van der Waals surface area contributed by atoms with Crippen molar-refractivity contribution in [2.24, 2.45) is 0 Å². The molecule has 2 atom stereocenters. The number of hydrogen-bond acceptors (Lipinski definition) is 2. The molecule has 4 heteroatoms. The lowest BCUT2D eigenvalue weighted by atomic mass is 10.1. The SMILES string of the molecule is Fc1cccc([C@H](Br)[C@H]2CN(Cc3ccccc3)CCO2)c1. The smallest absolute Gasteiger partial charge is 0.123 e. The minimum Gasteiger partial charge on any atom is -0.374 e. The van der Waals surface area contributed by atoms with Gasteiger partial charge in [-0.25, -0.2) is 4.39 Å². The molecule has 0 amide bonds.